The third-order valence-electron chi connectivity index (χ3n) is 2.77. The molecule has 4 N–H and O–H groups in total. The average molecular weight is 280 g/mol. The molecule has 7 heteroatoms. The molecule has 0 fully saturated rings. The van der Waals surface area contributed by atoms with Crippen molar-refractivity contribution in [2.75, 3.05) is 5.73 Å². The van der Waals surface area contributed by atoms with Crippen molar-refractivity contribution in [2.45, 2.75) is 24.8 Å². The molecule has 0 saturated heterocycles. The first kappa shape index (κ1) is 13.6. The van der Waals surface area contributed by atoms with Crippen LogP contribution < -0.4 is 10.5 Å². The minimum Gasteiger partial charge on any atom is -0.399 e. The molecule has 0 atom stereocenters. The van der Waals surface area contributed by atoms with E-state index >= 15 is 0 Å². The quantitative estimate of drug-likeness (QED) is 0.712. The van der Waals surface area contributed by atoms with E-state index in [0.717, 1.165) is 5.56 Å². The summed E-state index contributed by atoms with van der Waals surface area (Å²) in [5.41, 5.74) is 7.53. The minimum absolute atomic E-state index is 0.167. The molecule has 0 aliphatic carbocycles. The summed E-state index contributed by atoms with van der Waals surface area (Å²) in [6.07, 6.45) is 3.70. The van der Waals surface area contributed by atoms with Gasteiger partial charge in [0.1, 0.15) is 0 Å². The Morgan fingerprint density at radius 3 is 2.84 bits per heavy atom. The first-order valence-corrected chi connectivity index (χ1v) is 7.36. The lowest BCUT2D eigenvalue weighted by atomic mass is 10.1. The van der Waals surface area contributed by atoms with Gasteiger partial charge in [-0.25, -0.2) is 18.1 Å². The van der Waals surface area contributed by atoms with Gasteiger partial charge in [-0.2, -0.15) is 0 Å². The number of rotatable bonds is 5. The number of nitrogen functional groups attached to an aromatic ring is 1. The number of nitrogens with one attached hydrogen (secondary N) is 2. The van der Waals surface area contributed by atoms with Gasteiger partial charge < -0.3 is 10.7 Å². The van der Waals surface area contributed by atoms with Gasteiger partial charge in [0.05, 0.1) is 17.8 Å². The zero-order valence-electron chi connectivity index (χ0n) is 10.6. The van der Waals surface area contributed by atoms with Crippen molar-refractivity contribution in [3.8, 4) is 0 Å². The standard InChI is InChI=1S/C12H16N4O2S/c1-2-9-3-4-10(13)5-12(9)19(17,18)16-7-11-6-14-8-15-11/h3-6,8,16H,2,7,13H2,1H3,(H,14,15). The molecule has 0 unspecified atom stereocenters. The molecule has 6 nitrogen and oxygen atoms in total. The largest absolute Gasteiger partial charge is 0.399 e. The predicted molar refractivity (Wildman–Crippen MR) is 72.8 cm³/mol. The van der Waals surface area contributed by atoms with E-state index in [9.17, 15) is 8.42 Å². The zero-order valence-corrected chi connectivity index (χ0v) is 11.4. The number of H-pyrrole nitrogens is 1. The monoisotopic (exact) mass is 280 g/mol. The number of hydrogen-bond donors (Lipinski definition) is 3. The lowest BCUT2D eigenvalue weighted by Gasteiger charge is -2.10. The number of aromatic nitrogens is 2. The summed E-state index contributed by atoms with van der Waals surface area (Å²) in [7, 11) is -3.58. The van der Waals surface area contributed by atoms with Gasteiger partial charge in [0, 0.05) is 17.6 Å². The third kappa shape index (κ3) is 3.12. The number of aromatic amines is 1. The molecule has 0 radical (unpaired) electrons. The lowest BCUT2D eigenvalue weighted by Crippen LogP contribution is -2.24. The van der Waals surface area contributed by atoms with Crippen molar-refractivity contribution >= 4 is 15.7 Å². The van der Waals surface area contributed by atoms with Crippen LogP contribution in [-0.4, -0.2) is 18.4 Å². The molecule has 1 aromatic heterocycles. The molecular formula is C12H16N4O2S. The maximum absolute atomic E-state index is 12.3. The van der Waals surface area contributed by atoms with Gasteiger partial charge in [-0.15, -0.1) is 0 Å². The zero-order chi connectivity index (χ0) is 13.9. The highest BCUT2D eigenvalue weighted by molar-refractivity contribution is 7.89. The molecule has 102 valence electrons. The number of anilines is 1. The summed E-state index contributed by atoms with van der Waals surface area (Å²) in [5.74, 6) is 0. The summed E-state index contributed by atoms with van der Waals surface area (Å²) in [6.45, 7) is 2.07. The van der Waals surface area contributed by atoms with Crippen LogP contribution in [0, 0.1) is 0 Å². The number of nitrogens with zero attached hydrogens (tertiary/aromatic N) is 1. The van der Waals surface area contributed by atoms with E-state index in [0.29, 0.717) is 17.8 Å². The number of sulfonamides is 1. The number of nitrogens with two attached hydrogens (primary N) is 1. The van der Waals surface area contributed by atoms with Gasteiger partial charge >= 0.3 is 0 Å². The van der Waals surface area contributed by atoms with Crippen molar-refractivity contribution < 1.29 is 8.42 Å². The number of benzene rings is 1. The molecule has 2 aromatic rings. The van der Waals surface area contributed by atoms with Gasteiger partial charge in [-0.3, -0.25) is 0 Å². The van der Waals surface area contributed by atoms with Crippen LogP contribution in [0.1, 0.15) is 18.2 Å². The fraction of sp³-hybridized carbons (Fsp3) is 0.250. The normalized spacial score (nSPS) is 11.6. The van der Waals surface area contributed by atoms with Gasteiger partial charge in [0.25, 0.3) is 0 Å². The highest BCUT2D eigenvalue weighted by Gasteiger charge is 2.18. The fourth-order valence-corrected chi connectivity index (χ4v) is 3.10. The van der Waals surface area contributed by atoms with E-state index in [1.54, 1.807) is 18.3 Å². The van der Waals surface area contributed by atoms with Gasteiger partial charge in [0.2, 0.25) is 10.0 Å². The smallest absolute Gasteiger partial charge is 0.241 e. The molecule has 1 heterocycles. The van der Waals surface area contributed by atoms with Gasteiger partial charge in [-0.1, -0.05) is 13.0 Å². The van der Waals surface area contributed by atoms with Crippen LogP contribution in [0.25, 0.3) is 0 Å². The van der Waals surface area contributed by atoms with Crippen LogP contribution in [-0.2, 0) is 23.0 Å². The predicted octanol–water partition coefficient (Wildman–Crippen LogP) is 1.03. The van der Waals surface area contributed by atoms with E-state index in [1.165, 1.54) is 12.4 Å². The van der Waals surface area contributed by atoms with Crippen molar-refractivity contribution in [3.63, 3.8) is 0 Å². The first-order chi connectivity index (χ1) is 9.03. The Balaban J connectivity index is 2.26. The lowest BCUT2D eigenvalue weighted by molar-refractivity contribution is 0.579. The van der Waals surface area contributed by atoms with E-state index in [-0.39, 0.29) is 11.4 Å². The molecule has 0 spiro atoms. The van der Waals surface area contributed by atoms with E-state index < -0.39 is 10.0 Å². The van der Waals surface area contributed by atoms with Crippen LogP contribution in [0.3, 0.4) is 0 Å². The molecule has 19 heavy (non-hydrogen) atoms. The minimum atomic E-state index is -3.58. The molecule has 0 saturated carbocycles. The Labute approximate surface area is 112 Å². The SMILES string of the molecule is CCc1ccc(N)cc1S(=O)(=O)NCc1cnc[nH]1. The molecule has 2 rings (SSSR count). The Morgan fingerprint density at radius 2 is 2.21 bits per heavy atom. The molecular weight excluding hydrogens is 264 g/mol. The van der Waals surface area contributed by atoms with Crippen molar-refractivity contribution in [3.05, 3.63) is 42.0 Å². The summed E-state index contributed by atoms with van der Waals surface area (Å²) >= 11 is 0. The van der Waals surface area contributed by atoms with E-state index in [4.69, 9.17) is 5.73 Å². The topological polar surface area (TPSA) is 101 Å². The summed E-state index contributed by atoms with van der Waals surface area (Å²) in [5, 5.41) is 0. The van der Waals surface area contributed by atoms with Crippen LogP contribution in [0.4, 0.5) is 5.69 Å². The van der Waals surface area contributed by atoms with Crippen molar-refractivity contribution in [2.24, 2.45) is 0 Å². The Bertz CT molecular complexity index is 650. The molecule has 1 aromatic carbocycles. The van der Waals surface area contributed by atoms with Crippen LogP contribution in [0.15, 0.2) is 35.6 Å². The van der Waals surface area contributed by atoms with Crippen molar-refractivity contribution in [1.29, 1.82) is 0 Å². The van der Waals surface area contributed by atoms with E-state index in [1.807, 2.05) is 6.92 Å². The van der Waals surface area contributed by atoms with Crippen LogP contribution in [0.2, 0.25) is 0 Å². The summed E-state index contributed by atoms with van der Waals surface area (Å²) in [4.78, 5) is 6.90. The third-order valence-corrected chi connectivity index (χ3v) is 4.25. The molecule has 0 aliphatic rings. The Hall–Kier alpha value is -1.86. The Kier molecular flexibility index (Phi) is 3.87. The molecule has 0 aliphatic heterocycles. The van der Waals surface area contributed by atoms with Crippen molar-refractivity contribution in [1.82, 2.24) is 14.7 Å². The highest BCUT2D eigenvalue weighted by Crippen LogP contribution is 2.19. The van der Waals surface area contributed by atoms with Gasteiger partial charge in [-0.05, 0) is 24.1 Å². The fourth-order valence-electron chi connectivity index (χ4n) is 1.75. The first-order valence-electron chi connectivity index (χ1n) is 5.88. The van der Waals surface area contributed by atoms with Crippen LogP contribution >= 0.6 is 0 Å². The van der Waals surface area contributed by atoms with Gasteiger partial charge in [0.15, 0.2) is 0 Å². The number of aryl methyl sites for hydroxylation is 1. The number of hydrogen-bond acceptors (Lipinski definition) is 4. The average Bonchev–Trinajstić information content (AvgIpc) is 2.89. The summed E-state index contributed by atoms with van der Waals surface area (Å²) in [6, 6.07) is 4.92. The molecule has 0 amide bonds. The second-order valence-electron chi connectivity index (χ2n) is 4.12. The second-order valence-corrected chi connectivity index (χ2v) is 5.86. The maximum atomic E-state index is 12.3. The highest BCUT2D eigenvalue weighted by atomic mass is 32.2. The molecule has 0 bridgehead atoms. The van der Waals surface area contributed by atoms with Crippen LogP contribution in [0.5, 0.6) is 0 Å². The second kappa shape index (κ2) is 5.41. The Morgan fingerprint density at radius 1 is 1.42 bits per heavy atom. The number of imidazole rings is 1. The summed E-state index contributed by atoms with van der Waals surface area (Å²) < 4.78 is 27.0. The van der Waals surface area contributed by atoms with E-state index in [2.05, 4.69) is 14.7 Å². The maximum Gasteiger partial charge on any atom is 0.241 e.